The minimum Gasteiger partial charge on any atom is -0.261 e. The van der Waals surface area contributed by atoms with Gasteiger partial charge in [0, 0.05) is 17.8 Å². The van der Waals surface area contributed by atoms with Crippen molar-refractivity contribution in [1.29, 1.82) is 0 Å². The second-order valence-corrected chi connectivity index (χ2v) is 3.89. The lowest BCUT2D eigenvalue weighted by atomic mass is 10.2. The van der Waals surface area contributed by atoms with E-state index in [1.807, 2.05) is 48.7 Å². The molecule has 0 atom stereocenters. The van der Waals surface area contributed by atoms with Gasteiger partial charge in [-0.15, -0.1) is 0 Å². The van der Waals surface area contributed by atoms with Gasteiger partial charge >= 0.3 is 0 Å². The number of rotatable bonds is 1. The molecule has 0 radical (unpaired) electrons. The first kappa shape index (κ1) is 10.5. The quantitative estimate of drug-likeness (QED) is 0.604. The maximum atomic E-state index is 4.49. The lowest BCUT2D eigenvalue weighted by molar-refractivity contribution is 0.715. The highest BCUT2D eigenvalue weighted by Crippen LogP contribution is 2.10. The molecule has 1 aromatic carbocycles. The van der Waals surface area contributed by atoms with Crippen LogP contribution in [0.3, 0.4) is 0 Å². The smallest absolute Gasteiger partial charge is 0.113 e. The Morgan fingerprint density at radius 3 is 2.89 bits per heavy atom. The van der Waals surface area contributed by atoms with Crippen LogP contribution in [0, 0.1) is 11.8 Å². The topological polar surface area (TPSA) is 30.7 Å². The first-order chi connectivity index (χ1) is 8.92. The molecule has 3 aromatic rings. The third kappa shape index (κ3) is 2.23. The Morgan fingerprint density at radius 1 is 1.06 bits per heavy atom. The van der Waals surface area contributed by atoms with Crippen LogP contribution in [0.1, 0.15) is 5.69 Å². The predicted octanol–water partition coefficient (Wildman–Crippen LogP) is 2.48. The Labute approximate surface area is 105 Å². The molecule has 0 saturated carbocycles. The maximum Gasteiger partial charge on any atom is 0.113 e. The molecule has 3 heteroatoms. The molecule has 3 nitrogen and oxygen atoms in total. The molecule has 86 valence electrons. The van der Waals surface area contributed by atoms with E-state index >= 15 is 0 Å². The van der Waals surface area contributed by atoms with E-state index in [1.54, 1.807) is 10.9 Å². The summed E-state index contributed by atoms with van der Waals surface area (Å²) in [5.41, 5.74) is 1.77. The Kier molecular flexibility index (Phi) is 2.77. The minimum absolute atomic E-state index is 0.585. The Balaban J connectivity index is 1.84. The van der Waals surface area contributed by atoms with Gasteiger partial charge in [0.05, 0.1) is 5.52 Å². The fourth-order valence-electron chi connectivity index (χ4n) is 1.74. The molecular weight excluding hydrogens is 222 g/mol. The minimum atomic E-state index is 0.585. The van der Waals surface area contributed by atoms with Crippen molar-refractivity contribution in [2.24, 2.45) is 0 Å². The van der Waals surface area contributed by atoms with Gasteiger partial charge in [-0.3, -0.25) is 4.68 Å². The van der Waals surface area contributed by atoms with Crippen LogP contribution in [0.5, 0.6) is 0 Å². The summed E-state index contributed by atoms with van der Waals surface area (Å²) in [5, 5.41) is 5.23. The highest BCUT2D eigenvalue weighted by atomic mass is 15.3. The van der Waals surface area contributed by atoms with E-state index in [-0.39, 0.29) is 0 Å². The largest absolute Gasteiger partial charge is 0.261 e. The summed E-state index contributed by atoms with van der Waals surface area (Å²) >= 11 is 0. The van der Waals surface area contributed by atoms with Crippen molar-refractivity contribution < 1.29 is 0 Å². The summed E-state index contributed by atoms with van der Waals surface area (Å²) < 4.78 is 1.79. The summed E-state index contributed by atoms with van der Waals surface area (Å²) in [4.78, 5) is 4.49. The highest BCUT2D eigenvalue weighted by molar-refractivity contribution is 5.78. The van der Waals surface area contributed by atoms with Crippen molar-refractivity contribution in [3.05, 3.63) is 60.6 Å². The van der Waals surface area contributed by atoms with Crippen molar-refractivity contribution in [3.63, 3.8) is 0 Å². The Hall–Kier alpha value is -2.60. The maximum absolute atomic E-state index is 4.49. The van der Waals surface area contributed by atoms with E-state index in [1.165, 1.54) is 0 Å². The van der Waals surface area contributed by atoms with Gasteiger partial charge in [-0.2, -0.15) is 5.10 Å². The Morgan fingerprint density at radius 2 is 2.00 bits per heavy atom. The third-order valence-corrected chi connectivity index (χ3v) is 2.62. The van der Waals surface area contributed by atoms with E-state index in [4.69, 9.17) is 0 Å². The molecule has 0 bridgehead atoms. The van der Waals surface area contributed by atoms with Gasteiger partial charge in [0.1, 0.15) is 12.2 Å². The first-order valence-corrected chi connectivity index (χ1v) is 5.74. The first-order valence-electron chi connectivity index (χ1n) is 5.74. The Bertz CT molecular complexity index is 718. The molecule has 0 spiro atoms. The van der Waals surface area contributed by atoms with Gasteiger partial charge in [-0.05, 0) is 24.1 Å². The average Bonchev–Trinajstić information content (AvgIpc) is 2.92. The van der Waals surface area contributed by atoms with Crippen LogP contribution in [0.2, 0.25) is 0 Å². The summed E-state index contributed by atoms with van der Waals surface area (Å²) in [6.45, 7) is 0.585. The average molecular weight is 233 g/mol. The van der Waals surface area contributed by atoms with Crippen LogP contribution >= 0.6 is 0 Å². The van der Waals surface area contributed by atoms with Crippen molar-refractivity contribution in [1.82, 2.24) is 14.8 Å². The summed E-state index contributed by atoms with van der Waals surface area (Å²) in [6, 6.07) is 13.9. The summed E-state index contributed by atoms with van der Waals surface area (Å²) in [5.74, 6) is 6.11. The van der Waals surface area contributed by atoms with Crippen molar-refractivity contribution in [3.8, 4) is 11.8 Å². The monoisotopic (exact) mass is 233 g/mol. The number of pyridine rings is 1. The number of hydrogen-bond donors (Lipinski definition) is 0. The molecule has 0 aliphatic rings. The van der Waals surface area contributed by atoms with E-state index in [0.29, 0.717) is 6.54 Å². The van der Waals surface area contributed by atoms with Gasteiger partial charge in [-0.1, -0.05) is 30.2 Å². The standard InChI is InChI=1S/C15H11N3/c1-2-7-15-13(5-1)8-9-14(17-15)6-3-11-18-12-4-10-16-18/h1-2,4-5,7-10,12H,11H2. The van der Waals surface area contributed by atoms with Gasteiger partial charge in [0.2, 0.25) is 0 Å². The molecule has 2 aromatic heterocycles. The zero-order valence-corrected chi connectivity index (χ0v) is 9.74. The second kappa shape index (κ2) is 4.72. The molecule has 0 aliphatic heterocycles. The molecule has 3 rings (SSSR count). The van der Waals surface area contributed by atoms with E-state index < -0.39 is 0 Å². The molecular formula is C15H11N3. The van der Waals surface area contributed by atoms with Crippen LogP contribution in [0.4, 0.5) is 0 Å². The van der Waals surface area contributed by atoms with E-state index in [9.17, 15) is 0 Å². The van der Waals surface area contributed by atoms with Crippen LogP contribution in [0.15, 0.2) is 54.9 Å². The molecule has 18 heavy (non-hydrogen) atoms. The number of hydrogen-bond acceptors (Lipinski definition) is 2. The van der Waals surface area contributed by atoms with Gasteiger partial charge < -0.3 is 0 Å². The van der Waals surface area contributed by atoms with Crippen molar-refractivity contribution >= 4 is 10.9 Å². The van der Waals surface area contributed by atoms with Crippen LogP contribution in [-0.2, 0) is 6.54 Å². The molecule has 0 saturated heterocycles. The predicted molar refractivity (Wildman–Crippen MR) is 70.8 cm³/mol. The van der Waals surface area contributed by atoms with Gasteiger partial charge in [0.15, 0.2) is 0 Å². The molecule has 0 aliphatic carbocycles. The SMILES string of the molecule is C(#Cc1ccc2ccccc2n1)Cn1cccn1. The van der Waals surface area contributed by atoms with E-state index in [0.717, 1.165) is 16.6 Å². The second-order valence-electron chi connectivity index (χ2n) is 3.89. The van der Waals surface area contributed by atoms with Crippen LogP contribution < -0.4 is 0 Å². The number of aromatic nitrogens is 3. The molecule has 0 amide bonds. The van der Waals surface area contributed by atoms with Crippen molar-refractivity contribution in [2.75, 3.05) is 0 Å². The normalized spacial score (nSPS) is 10.0. The van der Waals surface area contributed by atoms with Crippen LogP contribution in [-0.4, -0.2) is 14.8 Å². The lowest BCUT2D eigenvalue weighted by Crippen LogP contribution is -1.95. The molecule has 0 fully saturated rings. The molecule has 0 unspecified atom stereocenters. The number of para-hydroxylation sites is 1. The zero-order valence-electron chi connectivity index (χ0n) is 9.74. The number of nitrogens with zero attached hydrogens (tertiary/aromatic N) is 3. The molecule has 2 heterocycles. The number of benzene rings is 1. The fraction of sp³-hybridized carbons (Fsp3) is 0.0667. The summed E-state index contributed by atoms with van der Waals surface area (Å²) in [6.07, 6.45) is 3.64. The summed E-state index contributed by atoms with van der Waals surface area (Å²) in [7, 11) is 0. The lowest BCUT2D eigenvalue weighted by Gasteiger charge is -1.96. The van der Waals surface area contributed by atoms with E-state index in [2.05, 4.69) is 21.9 Å². The molecule has 0 N–H and O–H groups in total. The zero-order chi connectivity index (χ0) is 12.2. The number of fused-ring (bicyclic) bond motifs is 1. The highest BCUT2D eigenvalue weighted by Gasteiger charge is 1.94. The van der Waals surface area contributed by atoms with Crippen molar-refractivity contribution in [2.45, 2.75) is 6.54 Å². The van der Waals surface area contributed by atoms with Gasteiger partial charge in [0.25, 0.3) is 0 Å². The third-order valence-electron chi connectivity index (χ3n) is 2.62. The van der Waals surface area contributed by atoms with Crippen LogP contribution in [0.25, 0.3) is 10.9 Å². The fourth-order valence-corrected chi connectivity index (χ4v) is 1.74. The van der Waals surface area contributed by atoms with Gasteiger partial charge in [-0.25, -0.2) is 4.98 Å².